The highest BCUT2D eigenvalue weighted by Crippen LogP contribution is 2.32. The smallest absolute Gasteiger partial charge is 0.127 e. The van der Waals surface area contributed by atoms with E-state index in [4.69, 9.17) is 0 Å². The second-order valence-electron chi connectivity index (χ2n) is 5.23. The highest BCUT2D eigenvalue weighted by Gasteiger charge is 2.16. The molecule has 0 radical (unpaired) electrons. The zero-order chi connectivity index (χ0) is 13.2. The molecule has 0 spiro atoms. The molecule has 1 aromatic rings. The Bertz CT molecular complexity index is 414. The standard InChI is InChI=1S/C16H23F/c1-7-12(6)14-8-13(10(2)3)9-15(17)16(14)11(4)5/h8-11H,6-7H2,1-5H3. The van der Waals surface area contributed by atoms with Crippen LogP contribution in [0, 0.1) is 5.82 Å². The van der Waals surface area contributed by atoms with E-state index in [9.17, 15) is 4.39 Å². The first-order valence-electron chi connectivity index (χ1n) is 6.39. The van der Waals surface area contributed by atoms with Gasteiger partial charge < -0.3 is 0 Å². The van der Waals surface area contributed by atoms with Crippen LogP contribution in [-0.4, -0.2) is 0 Å². The minimum absolute atomic E-state index is 0.0872. The third kappa shape index (κ3) is 2.96. The molecule has 0 saturated carbocycles. The van der Waals surface area contributed by atoms with Crippen LogP contribution < -0.4 is 0 Å². The van der Waals surface area contributed by atoms with Crippen LogP contribution in [0.25, 0.3) is 5.57 Å². The third-order valence-corrected chi connectivity index (χ3v) is 3.20. The Morgan fingerprint density at radius 3 is 2.18 bits per heavy atom. The van der Waals surface area contributed by atoms with E-state index in [1.165, 1.54) is 0 Å². The molecule has 0 atom stereocenters. The van der Waals surface area contributed by atoms with Gasteiger partial charge in [0.05, 0.1) is 0 Å². The fourth-order valence-corrected chi connectivity index (χ4v) is 2.04. The molecule has 0 unspecified atom stereocenters. The summed E-state index contributed by atoms with van der Waals surface area (Å²) in [7, 11) is 0. The SMILES string of the molecule is C=C(CC)c1cc(C(C)C)cc(F)c1C(C)C. The predicted octanol–water partition coefficient (Wildman–Crippen LogP) is 5.50. The molecule has 0 aliphatic rings. The normalized spacial score (nSPS) is 11.3. The molecular formula is C16H23F. The summed E-state index contributed by atoms with van der Waals surface area (Å²) in [5.74, 6) is 0.444. The molecule has 0 bridgehead atoms. The lowest BCUT2D eigenvalue weighted by atomic mass is 9.88. The monoisotopic (exact) mass is 234 g/mol. The van der Waals surface area contributed by atoms with Gasteiger partial charge in [0.25, 0.3) is 0 Å². The van der Waals surface area contributed by atoms with Crippen LogP contribution in [0.3, 0.4) is 0 Å². The number of allylic oxidation sites excluding steroid dienone is 1. The molecule has 0 heterocycles. The van der Waals surface area contributed by atoms with Crippen LogP contribution in [0.15, 0.2) is 18.7 Å². The van der Waals surface area contributed by atoms with E-state index in [2.05, 4.69) is 33.4 Å². The highest BCUT2D eigenvalue weighted by molar-refractivity contribution is 5.67. The van der Waals surface area contributed by atoms with Gasteiger partial charge in [-0.3, -0.25) is 0 Å². The van der Waals surface area contributed by atoms with Crippen molar-refractivity contribution < 1.29 is 4.39 Å². The van der Waals surface area contributed by atoms with Crippen molar-refractivity contribution in [3.05, 3.63) is 41.2 Å². The Balaban J connectivity index is 3.44. The van der Waals surface area contributed by atoms with Crippen molar-refractivity contribution in [3.8, 4) is 0 Å². The summed E-state index contributed by atoms with van der Waals surface area (Å²) in [6.07, 6.45) is 0.862. The van der Waals surface area contributed by atoms with Crippen molar-refractivity contribution in [2.45, 2.75) is 52.9 Å². The second-order valence-corrected chi connectivity index (χ2v) is 5.23. The first-order valence-corrected chi connectivity index (χ1v) is 6.39. The Morgan fingerprint density at radius 2 is 1.76 bits per heavy atom. The van der Waals surface area contributed by atoms with Crippen LogP contribution >= 0.6 is 0 Å². The third-order valence-electron chi connectivity index (χ3n) is 3.20. The highest BCUT2D eigenvalue weighted by atomic mass is 19.1. The molecule has 0 aliphatic heterocycles. The summed E-state index contributed by atoms with van der Waals surface area (Å²) in [5, 5.41) is 0. The molecule has 0 aliphatic carbocycles. The van der Waals surface area contributed by atoms with E-state index in [1.54, 1.807) is 6.07 Å². The first kappa shape index (κ1) is 14.0. The lowest BCUT2D eigenvalue weighted by Gasteiger charge is -2.18. The van der Waals surface area contributed by atoms with Crippen molar-refractivity contribution >= 4 is 5.57 Å². The summed E-state index contributed by atoms with van der Waals surface area (Å²) in [6.45, 7) is 14.3. The lowest BCUT2D eigenvalue weighted by Crippen LogP contribution is -2.03. The van der Waals surface area contributed by atoms with Crippen LogP contribution in [-0.2, 0) is 0 Å². The zero-order valence-corrected chi connectivity index (χ0v) is 11.6. The van der Waals surface area contributed by atoms with Gasteiger partial charge in [-0.1, -0.05) is 47.3 Å². The predicted molar refractivity (Wildman–Crippen MR) is 73.9 cm³/mol. The van der Waals surface area contributed by atoms with Crippen molar-refractivity contribution in [2.24, 2.45) is 0 Å². The summed E-state index contributed by atoms with van der Waals surface area (Å²) >= 11 is 0. The lowest BCUT2D eigenvalue weighted by molar-refractivity contribution is 0.593. The number of halogens is 1. The summed E-state index contributed by atoms with van der Waals surface area (Å²) < 4.78 is 14.2. The fourth-order valence-electron chi connectivity index (χ4n) is 2.04. The molecule has 17 heavy (non-hydrogen) atoms. The van der Waals surface area contributed by atoms with Gasteiger partial charge in [-0.2, -0.15) is 0 Å². The van der Waals surface area contributed by atoms with Gasteiger partial charge in [0.1, 0.15) is 5.82 Å². The van der Waals surface area contributed by atoms with Gasteiger partial charge in [0.2, 0.25) is 0 Å². The van der Waals surface area contributed by atoms with E-state index in [1.807, 2.05) is 13.8 Å². The maximum atomic E-state index is 14.2. The van der Waals surface area contributed by atoms with E-state index in [0.717, 1.165) is 28.7 Å². The molecule has 0 saturated heterocycles. The van der Waals surface area contributed by atoms with Crippen molar-refractivity contribution in [1.82, 2.24) is 0 Å². The summed E-state index contributed by atoms with van der Waals surface area (Å²) in [6, 6.07) is 3.78. The molecule has 1 heteroatoms. The van der Waals surface area contributed by atoms with Crippen LogP contribution in [0.1, 0.15) is 69.6 Å². The van der Waals surface area contributed by atoms with Crippen LogP contribution in [0.4, 0.5) is 4.39 Å². The van der Waals surface area contributed by atoms with Crippen LogP contribution in [0.2, 0.25) is 0 Å². The molecule has 1 aromatic carbocycles. The molecule has 0 N–H and O–H groups in total. The average molecular weight is 234 g/mol. The Morgan fingerprint density at radius 1 is 1.18 bits per heavy atom. The Hall–Kier alpha value is -1.11. The second kappa shape index (κ2) is 5.48. The average Bonchev–Trinajstić information content (AvgIpc) is 2.26. The molecule has 0 fully saturated rings. The first-order chi connectivity index (χ1) is 7.88. The summed E-state index contributed by atoms with van der Waals surface area (Å²) in [5.41, 5.74) is 3.89. The van der Waals surface area contributed by atoms with E-state index in [0.29, 0.717) is 5.92 Å². The molecule has 94 valence electrons. The maximum Gasteiger partial charge on any atom is 0.127 e. The van der Waals surface area contributed by atoms with Crippen molar-refractivity contribution in [3.63, 3.8) is 0 Å². The Kier molecular flexibility index (Phi) is 4.50. The molecule has 0 nitrogen and oxygen atoms in total. The van der Waals surface area contributed by atoms with Crippen molar-refractivity contribution in [1.29, 1.82) is 0 Å². The number of rotatable bonds is 4. The quantitative estimate of drug-likeness (QED) is 0.645. The van der Waals surface area contributed by atoms with Gasteiger partial charge in [0.15, 0.2) is 0 Å². The maximum absolute atomic E-state index is 14.2. The molecular weight excluding hydrogens is 211 g/mol. The number of hydrogen-bond donors (Lipinski definition) is 0. The van der Waals surface area contributed by atoms with E-state index >= 15 is 0 Å². The largest absolute Gasteiger partial charge is 0.207 e. The minimum Gasteiger partial charge on any atom is -0.207 e. The van der Waals surface area contributed by atoms with E-state index in [-0.39, 0.29) is 11.7 Å². The van der Waals surface area contributed by atoms with Gasteiger partial charge in [-0.25, -0.2) is 4.39 Å². The zero-order valence-electron chi connectivity index (χ0n) is 11.6. The van der Waals surface area contributed by atoms with Gasteiger partial charge >= 0.3 is 0 Å². The van der Waals surface area contributed by atoms with Crippen LogP contribution in [0.5, 0.6) is 0 Å². The van der Waals surface area contributed by atoms with Gasteiger partial charge in [-0.15, -0.1) is 0 Å². The van der Waals surface area contributed by atoms with E-state index < -0.39 is 0 Å². The number of hydrogen-bond acceptors (Lipinski definition) is 0. The Labute approximate surface area is 105 Å². The molecule has 0 amide bonds. The minimum atomic E-state index is -0.0872. The van der Waals surface area contributed by atoms with Gasteiger partial charge in [0, 0.05) is 0 Å². The topological polar surface area (TPSA) is 0 Å². The fraction of sp³-hybridized carbons (Fsp3) is 0.500. The van der Waals surface area contributed by atoms with Gasteiger partial charge in [-0.05, 0) is 46.6 Å². The summed E-state index contributed by atoms with van der Waals surface area (Å²) in [4.78, 5) is 0. The molecule has 1 rings (SSSR count). The number of benzene rings is 1. The molecule has 0 aromatic heterocycles. The van der Waals surface area contributed by atoms with Crippen molar-refractivity contribution in [2.75, 3.05) is 0 Å².